The van der Waals surface area contributed by atoms with Crippen LogP contribution in [0.1, 0.15) is 51.0 Å². The molecule has 2 aliphatic rings. The van der Waals surface area contributed by atoms with Gasteiger partial charge in [0, 0.05) is 24.6 Å². The van der Waals surface area contributed by atoms with Crippen molar-refractivity contribution in [3.05, 3.63) is 23.8 Å². The first-order chi connectivity index (χ1) is 15.0. The number of carbonyl (C=O) groups excluding carboxylic acids is 2. The van der Waals surface area contributed by atoms with Crippen LogP contribution in [0.4, 0.5) is 0 Å². The fraction of sp³-hybridized carbons (Fsp3) is 0.583. The zero-order chi connectivity index (χ0) is 22.4. The van der Waals surface area contributed by atoms with Gasteiger partial charge in [-0.1, -0.05) is 13.3 Å². The second-order valence-corrected chi connectivity index (χ2v) is 8.40. The number of hydrogen-bond donors (Lipinski definition) is 2. The summed E-state index contributed by atoms with van der Waals surface area (Å²) in [5, 5.41) is 6.26. The van der Waals surface area contributed by atoms with Crippen LogP contribution >= 0.6 is 0 Å². The molecule has 3 rings (SSSR count). The van der Waals surface area contributed by atoms with E-state index in [0.717, 1.165) is 37.7 Å². The third-order valence-electron chi connectivity index (χ3n) is 6.42. The Morgan fingerprint density at radius 1 is 1.16 bits per heavy atom. The molecule has 1 heterocycles. The van der Waals surface area contributed by atoms with E-state index in [-0.39, 0.29) is 23.9 Å². The molecule has 1 aliphatic carbocycles. The highest BCUT2D eigenvalue weighted by Crippen LogP contribution is 2.39. The lowest BCUT2D eigenvalue weighted by Gasteiger charge is -2.44. The number of nitrogens with one attached hydrogen (secondary N) is 2. The fourth-order valence-corrected chi connectivity index (χ4v) is 5.02. The average molecular weight is 431 g/mol. The molecule has 2 amide bonds. The predicted molar refractivity (Wildman–Crippen MR) is 119 cm³/mol. The first kappa shape index (κ1) is 23.0. The lowest BCUT2D eigenvalue weighted by molar-refractivity contribution is -0.127. The van der Waals surface area contributed by atoms with Crippen LogP contribution < -0.4 is 24.8 Å². The summed E-state index contributed by atoms with van der Waals surface area (Å²) in [6, 6.07) is 3.82. The minimum atomic E-state index is -0.149. The van der Waals surface area contributed by atoms with E-state index in [4.69, 9.17) is 14.2 Å². The summed E-state index contributed by atoms with van der Waals surface area (Å²) in [7, 11) is 4.67. The number of hydrogen-bond acceptors (Lipinski definition) is 5. The Labute approximate surface area is 184 Å². The van der Waals surface area contributed by atoms with Crippen LogP contribution in [0.25, 0.3) is 6.08 Å². The lowest BCUT2D eigenvalue weighted by atomic mass is 9.70. The molecule has 1 aromatic carbocycles. The molecule has 2 N–H and O–H groups in total. The standard InChI is InChI=1S/C24H34N2O5/c1-5-6-16-13-23(28)26-19-14-17(8-9-18(16)19)25-22(27)10-7-15-11-20(29-2)24(31-4)21(12-15)30-3/h7,10-12,16-19H,5-6,8-9,13-14H2,1-4H3,(H,25,27)(H,26,28)/b10-7+. The van der Waals surface area contributed by atoms with Crippen molar-refractivity contribution in [3.63, 3.8) is 0 Å². The Bertz CT molecular complexity index is 797. The van der Waals surface area contributed by atoms with Crippen LogP contribution in [0.5, 0.6) is 17.2 Å². The van der Waals surface area contributed by atoms with Gasteiger partial charge >= 0.3 is 0 Å². The number of rotatable bonds is 8. The summed E-state index contributed by atoms with van der Waals surface area (Å²) < 4.78 is 16.0. The minimum absolute atomic E-state index is 0.0685. The molecule has 1 aliphatic heterocycles. The number of fused-ring (bicyclic) bond motifs is 1. The van der Waals surface area contributed by atoms with Crippen molar-refractivity contribution in [2.75, 3.05) is 21.3 Å². The van der Waals surface area contributed by atoms with Crippen molar-refractivity contribution >= 4 is 17.9 Å². The number of piperidine rings is 1. The fourth-order valence-electron chi connectivity index (χ4n) is 5.02. The highest BCUT2D eigenvalue weighted by molar-refractivity contribution is 5.92. The summed E-state index contributed by atoms with van der Waals surface area (Å²) in [6.45, 7) is 2.17. The molecule has 1 saturated heterocycles. The molecule has 0 bridgehead atoms. The van der Waals surface area contributed by atoms with Gasteiger partial charge in [0.05, 0.1) is 21.3 Å². The molecule has 7 nitrogen and oxygen atoms in total. The molecular weight excluding hydrogens is 396 g/mol. The normalized spacial score (nSPS) is 25.5. The molecule has 4 atom stereocenters. The van der Waals surface area contributed by atoms with Gasteiger partial charge in [0.2, 0.25) is 17.6 Å². The molecule has 7 heteroatoms. The van der Waals surface area contributed by atoms with Crippen molar-refractivity contribution in [1.82, 2.24) is 10.6 Å². The smallest absolute Gasteiger partial charge is 0.244 e. The molecule has 0 radical (unpaired) electrons. The van der Waals surface area contributed by atoms with Crippen LogP contribution in [-0.2, 0) is 9.59 Å². The van der Waals surface area contributed by atoms with Crippen LogP contribution in [-0.4, -0.2) is 45.2 Å². The molecule has 2 fully saturated rings. The summed E-state index contributed by atoms with van der Waals surface area (Å²) in [5.41, 5.74) is 0.773. The number of benzene rings is 1. The van der Waals surface area contributed by atoms with Crippen LogP contribution in [0, 0.1) is 11.8 Å². The summed E-state index contributed by atoms with van der Waals surface area (Å²) in [4.78, 5) is 24.6. The van der Waals surface area contributed by atoms with Gasteiger partial charge in [0.15, 0.2) is 11.5 Å². The SMILES string of the molecule is CCCC1CC(=O)NC2CC(NC(=O)/C=C/c3cc(OC)c(OC)c(OC)c3)CCC12. The number of methoxy groups -OCH3 is 3. The number of carbonyl (C=O) groups is 2. The van der Waals surface area contributed by atoms with Crippen molar-refractivity contribution in [3.8, 4) is 17.2 Å². The maximum absolute atomic E-state index is 12.5. The predicted octanol–water partition coefficient (Wildman–Crippen LogP) is 3.32. The molecule has 4 unspecified atom stereocenters. The van der Waals surface area contributed by atoms with Crippen molar-refractivity contribution in [2.45, 2.75) is 57.5 Å². The number of ether oxygens (including phenoxy) is 3. The van der Waals surface area contributed by atoms with E-state index in [2.05, 4.69) is 17.6 Å². The lowest BCUT2D eigenvalue weighted by Crippen LogP contribution is -2.55. The van der Waals surface area contributed by atoms with Gasteiger partial charge in [-0.25, -0.2) is 0 Å². The van der Waals surface area contributed by atoms with Gasteiger partial charge in [0.25, 0.3) is 0 Å². The second kappa shape index (κ2) is 10.6. The van der Waals surface area contributed by atoms with Gasteiger partial charge < -0.3 is 24.8 Å². The largest absolute Gasteiger partial charge is 0.493 e. The molecule has 170 valence electrons. The Morgan fingerprint density at radius 2 is 1.87 bits per heavy atom. The van der Waals surface area contributed by atoms with Crippen molar-refractivity contribution < 1.29 is 23.8 Å². The Balaban J connectivity index is 1.61. The summed E-state index contributed by atoms with van der Waals surface area (Å²) >= 11 is 0. The molecule has 31 heavy (non-hydrogen) atoms. The van der Waals surface area contributed by atoms with Crippen molar-refractivity contribution in [2.24, 2.45) is 11.8 Å². The highest BCUT2D eigenvalue weighted by Gasteiger charge is 2.40. The maximum atomic E-state index is 12.5. The second-order valence-electron chi connectivity index (χ2n) is 8.40. The zero-order valence-corrected chi connectivity index (χ0v) is 18.9. The van der Waals surface area contributed by atoms with Gasteiger partial charge in [-0.3, -0.25) is 9.59 Å². The molecule has 0 aromatic heterocycles. The van der Waals surface area contributed by atoms with Gasteiger partial charge in [0.1, 0.15) is 0 Å². The van der Waals surface area contributed by atoms with E-state index >= 15 is 0 Å². The van der Waals surface area contributed by atoms with E-state index in [1.807, 2.05) is 0 Å². The minimum Gasteiger partial charge on any atom is -0.493 e. The first-order valence-corrected chi connectivity index (χ1v) is 11.1. The molecular formula is C24H34N2O5. The topological polar surface area (TPSA) is 85.9 Å². The highest BCUT2D eigenvalue weighted by atomic mass is 16.5. The zero-order valence-electron chi connectivity index (χ0n) is 18.9. The van der Waals surface area contributed by atoms with E-state index in [1.54, 1.807) is 39.5 Å². The van der Waals surface area contributed by atoms with Gasteiger partial charge in [-0.15, -0.1) is 0 Å². The van der Waals surface area contributed by atoms with Gasteiger partial charge in [-0.05, 0) is 61.3 Å². The third-order valence-corrected chi connectivity index (χ3v) is 6.42. The van der Waals surface area contributed by atoms with E-state index in [0.29, 0.717) is 35.5 Å². The average Bonchev–Trinajstić information content (AvgIpc) is 2.76. The quantitative estimate of drug-likeness (QED) is 0.618. The van der Waals surface area contributed by atoms with Crippen LogP contribution in [0.3, 0.4) is 0 Å². The molecule has 1 saturated carbocycles. The molecule has 1 aromatic rings. The number of amides is 2. The summed E-state index contributed by atoms with van der Waals surface area (Å²) in [5.74, 6) is 2.59. The van der Waals surface area contributed by atoms with E-state index in [9.17, 15) is 9.59 Å². The van der Waals surface area contributed by atoms with E-state index in [1.165, 1.54) is 6.08 Å². The Hall–Kier alpha value is -2.70. The maximum Gasteiger partial charge on any atom is 0.244 e. The first-order valence-electron chi connectivity index (χ1n) is 11.1. The van der Waals surface area contributed by atoms with Crippen LogP contribution in [0.2, 0.25) is 0 Å². The van der Waals surface area contributed by atoms with E-state index < -0.39 is 0 Å². The van der Waals surface area contributed by atoms with Crippen molar-refractivity contribution in [1.29, 1.82) is 0 Å². The Kier molecular flexibility index (Phi) is 7.82. The van der Waals surface area contributed by atoms with Crippen LogP contribution in [0.15, 0.2) is 18.2 Å². The monoisotopic (exact) mass is 430 g/mol. The van der Waals surface area contributed by atoms with Gasteiger partial charge in [-0.2, -0.15) is 0 Å². The third kappa shape index (κ3) is 5.51. The molecule has 0 spiro atoms. The summed E-state index contributed by atoms with van der Waals surface area (Å²) in [6.07, 6.45) is 8.87. The Morgan fingerprint density at radius 3 is 2.48 bits per heavy atom.